The summed E-state index contributed by atoms with van der Waals surface area (Å²) in [7, 11) is -2.23. The SMILES string of the molecule is CC1CCC2CC3CCC(C)P3(=O)c3ccccc3P12. The van der Waals surface area contributed by atoms with E-state index < -0.39 is 7.14 Å². The van der Waals surface area contributed by atoms with Crippen molar-refractivity contribution in [3.63, 3.8) is 0 Å². The average molecular weight is 306 g/mol. The molecule has 1 aromatic carbocycles. The summed E-state index contributed by atoms with van der Waals surface area (Å²) in [5.74, 6) is 0. The number of hydrogen-bond donors (Lipinski definition) is 0. The van der Waals surface area contributed by atoms with Crippen LogP contribution in [0.1, 0.15) is 46.0 Å². The van der Waals surface area contributed by atoms with Crippen LogP contribution >= 0.6 is 15.1 Å². The molecular weight excluding hydrogens is 282 g/mol. The van der Waals surface area contributed by atoms with Gasteiger partial charge in [0.25, 0.3) is 0 Å². The topological polar surface area (TPSA) is 17.1 Å². The minimum Gasteiger partial charge on any atom is -0.318 e. The van der Waals surface area contributed by atoms with Crippen LogP contribution in [0, 0.1) is 0 Å². The molecule has 3 heterocycles. The molecule has 0 N–H and O–H groups in total. The van der Waals surface area contributed by atoms with E-state index in [4.69, 9.17) is 0 Å². The minimum absolute atomic E-state index is 0.0715. The Balaban J connectivity index is 1.95. The summed E-state index contributed by atoms with van der Waals surface area (Å²) in [6.07, 6.45) is 6.41. The summed E-state index contributed by atoms with van der Waals surface area (Å²) in [5, 5.41) is 2.83. The first-order chi connectivity index (χ1) is 9.62. The highest BCUT2D eigenvalue weighted by Gasteiger charge is 2.51. The smallest absolute Gasteiger partial charge is 0.121 e. The highest BCUT2D eigenvalue weighted by molar-refractivity contribution is 7.77. The zero-order valence-electron chi connectivity index (χ0n) is 12.5. The summed E-state index contributed by atoms with van der Waals surface area (Å²) in [6.45, 7) is 4.68. The Labute approximate surface area is 123 Å². The molecule has 2 saturated heterocycles. The second-order valence-electron chi connectivity index (χ2n) is 7.00. The van der Waals surface area contributed by atoms with E-state index in [9.17, 15) is 4.57 Å². The van der Waals surface area contributed by atoms with Gasteiger partial charge in [0, 0.05) is 16.6 Å². The average Bonchev–Trinajstić information content (AvgIpc) is 2.91. The third-order valence-corrected chi connectivity index (χ3v) is 13.8. The van der Waals surface area contributed by atoms with E-state index in [1.165, 1.54) is 42.7 Å². The molecule has 0 bridgehead atoms. The lowest BCUT2D eigenvalue weighted by atomic mass is 10.1. The van der Waals surface area contributed by atoms with Crippen molar-refractivity contribution in [2.45, 2.75) is 68.6 Å². The molecule has 3 heteroatoms. The maximum Gasteiger partial charge on any atom is 0.121 e. The molecule has 108 valence electrons. The fraction of sp³-hybridized carbons (Fsp3) is 0.647. The van der Waals surface area contributed by atoms with Crippen molar-refractivity contribution in [3.05, 3.63) is 24.3 Å². The monoisotopic (exact) mass is 306 g/mol. The second kappa shape index (κ2) is 4.69. The van der Waals surface area contributed by atoms with Gasteiger partial charge in [0.15, 0.2) is 0 Å². The number of benzene rings is 1. The second-order valence-corrected chi connectivity index (χ2v) is 13.4. The third-order valence-electron chi connectivity index (χ3n) is 5.98. The summed E-state index contributed by atoms with van der Waals surface area (Å²) in [4.78, 5) is 0. The van der Waals surface area contributed by atoms with Gasteiger partial charge in [0.1, 0.15) is 7.14 Å². The lowest BCUT2D eigenvalue weighted by Gasteiger charge is -2.25. The maximum atomic E-state index is 13.9. The molecule has 20 heavy (non-hydrogen) atoms. The molecule has 0 radical (unpaired) electrons. The molecule has 1 aromatic rings. The largest absolute Gasteiger partial charge is 0.318 e. The van der Waals surface area contributed by atoms with Crippen LogP contribution in [0.3, 0.4) is 0 Å². The molecule has 0 aliphatic carbocycles. The highest BCUT2D eigenvalue weighted by atomic mass is 31.2. The molecule has 2 fully saturated rings. The Morgan fingerprint density at radius 3 is 2.75 bits per heavy atom. The molecule has 1 nitrogen and oxygen atoms in total. The number of hydrogen-bond acceptors (Lipinski definition) is 1. The molecule has 0 spiro atoms. The van der Waals surface area contributed by atoms with Gasteiger partial charge in [0.05, 0.1) is 0 Å². The van der Waals surface area contributed by atoms with Gasteiger partial charge in [-0.25, -0.2) is 0 Å². The van der Waals surface area contributed by atoms with Gasteiger partial charge in [-0.05, 0) is 48.7 Å². The summed E-state index contributed by atoms with van der Waals surface area (Å²) >= 11 is 0. The molecule has 3 aliphatic rings. The van der Waals surface area contributed by atoms with Gasteiger partial charge in [-0.1, -0.05) is 46.0 Å². The van der Waals surface area contributed by atoms with Crippen molar-refractivity contribution in [1.29, 1.82) is 0 Å². The van der Waals surface area contributed by atoms with Crippen LogP contribution in [-0.4, -0.2) is 22.6 Å². The summed E-state index contributed by atoms with van der Waals surface area (Å²) < 4.78 is 13.9. The van der Waals surface area contributed by atoms with Crippen molar-refractivity contribution in [3.8, 4) is 0 Å². The predicted octanol–water partition coefficient (Wildman–Crippen LogP) is 4.29. The zero-order valence-corrected chi connectivity index (χ0v) is 14.2. The van der Waals surface area contributed by atoms with Gasteiger partial charge in [0.2, 0.25) is 0 Å². The Hall–Kier alpha value is -0.120. The Bertz CT molecular complexity index is 582. The van der Waals surface area contributed by atoms with Gasteiger partial charge in [-0.2, -0.15) is 0 Å². The first-order valence-electron chi connectivity index (χ1n) is 8.09. The lowest BCUT2D eigenvalue weighted by Crippen LogP contribution is -2.28. The first-order valence-corrected chi connectivity index (χ1v) is 11.4. The van der Waals surface area contributed by atoms with Gasteiger partial charge >= 0.3 is 0 Å². The molecular formula is C17H24OP2. The van der Waals surface area contributed by atoms with Gasteiger partial charge in [-0.3, -0.25) is 0 Å². The zero-order chi connectivity index (χ0) is 13.9. The predicted molar refractivity (Wildman–Crippen MR) is 89.8 cm³/mol. The Morgan fingerprint density at radius 1 is 1.10 bits per heavy atom. The molecule has 0 aromatic heterocycles. The minimum atomic E-state index is -2.16. The van der Waals surface area contributed by atoms with Crippen molar-refractivity contribution in [1.82, 2.24) is 0 Å². The van der Waals surface area contributed by atoms with E-state index in [1.54, 1.807) is 0 Å². The summed E-state index contributed by atoms with van der Waals surface area (Å²) in [5.41, 5.74) is 2.60. The standard InChI is InChI=1S/C17H24OP2/c1-12-7-9-14-11-15-10-8-13(2)20(15,18)17-6-4-3-5-16(17)19(12)14/h3-6,12-15H,7-11H2,1-2H3. The van der Waals surface area contributed by atoms with Crippen LogP contribution < -0.4 is 10.6 Å². The van der Waals surface area contributed by atoms with E-state index >= 15 is 0 Å². The van der Waals surface area contributed by atoms with Crippen LogP contribution in [0.25, 0.3) is 0 Å². The fourth-order valence-corrected chi connectivity index (χ4v) is 13.4. The van der Waals surface area contributed by atoms with Crippen LogP contribution in [0.5, 0.6) is 0 Å². The Morgan fingerprint density at radius 2 is 1.90 bits per heavy atom. The molecule has 4 rings (SSSR count). The van der Waals surface area contributed by atoms with Crippen molar-refractivity contribution in [2.75, 3.05) is 0 Å². The summed E-state index contributed by atoms with van der Waals surface area (Å²) in [6, 6.07) is 8.84. The van der Waals surface area contributed by atoms with Crippen LogP contribution in [-0.2, 0) is 4.57 Å². The van der Waals surface area contributed by atoms with Crippen molar-refractivity contribution >= 4 is 25.7 Å². The van der Waals surface area contributed by atoms with Crippen LogP contribution in [0.2, 0.25) is 0 Å². The van der Waals surface area contributed by atoms with Crippen molar-refractivity contribution in [2.24, 2.45) is 0 Å². The number of fused-ring (bicyclic) bond motifs is 5. The highest BCUT2D eigenvalue weighted by Crippen LogP contribution is 2.69. The van der Waals surface area contributed by atoms with Gasteiger partial charge in [-0.15, -0.1) is 0 Å². The number of rotatable bonds is 0. The lowest BCUT2D eigenvalue weighted by molar-refractivity contribution is 0.566. The van der Waals surface area contributed by atoms with E-state index in [0.717, 1.165) is 11.3 Å². The van der Waals surface area contributed by atoms with Crippen molar-refractivity contribution < 1.29 is 4.57 Å². The molecule has 6 atom stereocenters. The molecule has 0 saturated carbocycles. The van der Waals surface area contributed by atoms with E-state index in [1.807, 2.05) is 0 Å². The Kier molecular flexibility index (Phi) is 3.17. The quantitative estimate of drug-likeness (QED) is 0.654. The third kappa shape index (κ3) is 1.69. The van der Waals surface area contributed by atoms with E-state index in [0.29, 0.717) is 11.3 Å². The molecule has 3 aliphatic heterocycles. The van der Waals surface area contributed by atoms with Crippen LogP contribution in [0.15, 0.2) is 24.3 Å². The van der Waals surface area contributed by atoms with Gasteiger partial charge < -0.3 is 4.57 Å². The molecule has 6 unspecified atom stereocenters. The first kappa shape index (κ1) is 13.5. The maximum absolute atomic E-state index is 13.9. The van der Waals surface area contributed by atoms with E-state index in [-0.39, 0.29) is 7.92 Å². The normalized spacial score (nSPS) is 46.4. The molecule has 0 amide bonds. The van der Waals surface area contributed by atoms with Crippen LogP contribution in [0.4, 0.5) is 0 Å². The van der Waals surface area contributed by atoms with E-state index in [2.05, 4.69) is 38.1 Å². The fourth-order valence-electron chi connectivity index (χ4n) is 4.91.